The van der Waals surface area contributed by atoms with Gasteiger partial charge < -0.3 is 4.90 Å². The Morgan fingerprint density at radius 1 is 1.17 bits per heavy atom. The maximum Gasteiger partial charge on any atom is 0.279 e. The number of piperidine rings is 1. The Balaban J connectivity index is 1.95. The average Bonchev–Trinajstić information content (AvgIpc) is 2.81. The van der Waals surface area contributed by atoms with Gasteiger partial charge in [-0.15, -0.1) is 0 Å². The lowest BCUT2D eigenvalue weighted by molar-refractivity contribution is -0.112. The molecule has 0 aromatic heterocycles. The molecule has 0 aliphatic carbocycles. The number of nitrogens with zero attached hydrogens (tertiary/aromatic N) is 3. The monoisotopic (exact) mass is 313 g/mol. The summed E-state index contributed by atoms with van der Waals surface area (Å²) in [5, 5.41) is 6.99. The highest BCUT2D eigenvalue weighted by atomic mass is 16.2. The smallest absolute Gasteiger partial charge is 0.279 e. The van der Waals surface area contributed by atoms with Gasteiger partial charge in [0, 0.05) is 24.2 Å². The Morgan fingerprint density at radius 3 is 2.57 bits per heavy atom. The fraction of sp³-hybridized carbons (Fsp3) is 0.579. The lowest BCUT2D eigenvalue weighted by atomic mass is 10.00. The van der Waals surface area contributed by atoms with Gasteiger partial charge in [0.1, 0.15) is 0 Å². The van der Waals surface area contributed by atoms with E-state index in [4.69, 9.17) is 5.10 Å². The molecular weight excluding hydrogens is 286 g/mol. The molecule has 2 aliphatic heterocycles. The molecule has 2 atom stereocenters. The van der Waals surface area contributed by atoms with Crippen molar-refractivity contribution < 1.29 is 4.79 Å². The molecule has 1 fully saturated rings. The first-order valence-corrected chi connectivity index (χ1v) is 8.91. The predicted molar refractivity (Wildman–Crippen MR) is 94.9 cm³/mol. The van der Waals surface area contributed by atoms with Crippen molar-refractivity contribution >= 4 is 17.3 Å². The third kappa shape index (κ3) is 2.99. The summed E-state index contributed by atoms with van der Waals surface area (Å²) in [4.78, 5) is 14.8. The van der Waals surface area contributed by atoms with Crippen LogP contribution >= 0.6 is 0 Å². The van der Waals surface area contributed by atoms with E-state index in [1.807, 2.05) is 29.2 Å². The number of amides is 1. The first kappa shape index (κ1) is 16.0. The van der Waals surface area contributed by atoms with Gasteiger partial charge in [-0.3, -0.25) is 9.80 Å². The van der Waals surface area contributed by atoms with Crippen LogP contribution in [0.15, 0.2) is 29.4 Å². The van der Waals surface area contributed by atoms with Gasteiger partial charge in [0.2, 0.25) is 0 Å². The summed E-state index contributed by atoms with van der Waals surface area (Å²) in [5.74, 6) is 0.0598. The number of hydrogen-bond donors (Lipinski definition) is 0. The molecule has 124 valence electrons. The van der Waals surface area contributed by atoms with Gasteiger partial charge in [0.25, 0.3) is 5.91 Å². The molecule has 1 aromatic rings. The summed E-state index contributed by atoms with van der Waals surface area (Å²) >= 11 is 0. The van der Waals surface area contributed by atoms with Crippen molar-refractivity contribution in [2.75, 3.05) is 11.4 Å². The molecule has 3 rings (SSSR count). The zero-order valence-electron chi connectivity index (χ0n) is 14.5. The van der Waals surface area contributed by atoms with Crippen molar-refractivity contribution in [3.05, 3.63) is 29.8 Å². The molecule has 1 aromatic carbocycles. The number of hydrogen-bond acceptors (Lipinski definition) is 3. The summed E-state index contributed by atoms with van der Waals surface area (Å²) in [5.41, 5.74) is 2.62. The number of carbonyl (C=O) groups excluding carboxylic acids is 1. The molecule has 4 nitrogen and oxygen atoms in total. The minimum atomic E-state index is 0.0598. The molecule has 0 bridgehead atoms. The number of benzene rings is 1. The molecule has 0 spiro atoms. The van der Waals surface area contributed by atoms with Crippen LogP contribution in [0.3, 0.4) is 0 Å². The van der Waals surface area contributed by atoms with Crippen LogP contribution in [-0.4, -0.2) is 35.3 Å². The lowest BCUT2D eigenvalue weighted by Gasteiger charge is -2.37. The summed E-state index contributed by atoms with van der Waals surface area (Å²) in [7, 11) is 0. The Kier molecular flexibility index (Phi) is 4.69. The van der Waals surface area contributed by atoms with Crippen LogP contribution in [0.1, 0.15) is 58.4 Å². The Bertz CT molecular complexity index is 600. The SMILES string of the molecule is CCCCN1C(=O)C(=NN2C(C)CCCC2C)c2ccccc21. The van der Waals surface area contributed by atoms with E-state index in [2.05, 4.69) is 25.8 Å². The van der Waals surface area contributed by atoms with Gasteiger partial charge in [-0.05, 0) is 45.6 Å². The van der Waals surface area contributed by atoms with E-state index < -0.39 is 0 Å². The van der Waals surface area contributed by atoms with E-state index in [0.717, 1.165) is 43.5 Å². The molecule has 2 aliphatic rings. The van der Waals surface area contributed by atoms with Gasteiger partial charge in [-0.2, -0.15) is 5.10 Å². The summed E-state index contributed by atoms with van der Waals surface area (Å²) in [6, 6.07) is 8.85. The Labute approximate surface area is 139 Å². The van der Waals surface area contributed by atoms with E-state index >= 15 is 0 Å². The summed E-state index contributed by atoms with van der Waals surface area (Å²) in [6.07, 6.45) is 5.65. The van der Waals surface area contributed by atoms with E-state index in [1.54, 1.807) is 0 Å². The van der Waals surface area contributed by atoms with Crippen LogP contribution in [-0.2, 0) is 4.79 Å². The number of anilines is 1. The van der Waals surface area contributed by atoms with Crippen molar-refractivity contribution in [1.29, 1.82) is 0 Å². The number of rotatable bonds is 4. The Morgan fingerprint density at radius 2 is 1.87 bits per heavy atom. The highest BCUT2D eigenvalue weighted by molar-refractivity contribution is 6.54. The molecule has 1 saturated heterocycles. The number of unbranched alkanes of at least 4 members (excludes halogenated alkanes) is 1. The molecule has 0 radical (unpaired) electrons. The standard InChI is InChI=1S/C19H27N3O/c1-4-5-13-21-17-12-7-6-11-16(17)18(19(21)23)20-22-14(2)9-8-10-15(22)3/h6-7,11-12,14-15H,4-5,8-10,13H2,1-3H3. The largest absolute Gasteiger partial charge is 0.306 e. The van der Waals surface area contributed by atoms with Crippen LogP contribution in [0.25, 0.3) is 0 Å². The molecule has 2 unspecified atom stereocenters. The normalized spacial score (nSPS) is 26.0. The maximum atomic E-state index is 12.9. The van der Waals surface area contributed by atoms with Crippen molar-refractivity contribution in [1.82, 2.24) is 5.01 Å². The van der Waals surface area contributed by atoms with Gasteiger partial charge in [-0.25, -0.2) is 0 Å². The van der Waals surface area contributed by atoms with E-state index in [0.29, 0.717) is 17.8 Å². The second kappa shape index (κ2) is 6.73. The van der Waals surface area contributed by atoms with Crippen molar-refractivity contribution in [2.24, 2.45) is 5.10 Å². The first-order chi connectivity index (χ1) is 11.1. The van der Waals surface area contributed by atoms with Crippen molar-refractivity contribution in [2.45, 2.75) is 65.0 Å². The van der Waals surface area contributed by atoms with Crippen LogP contribution < -0.4 is 4.90 Å². The van der Waals surface area contributed by atoms with Crippen LogP contribution in [0.5, 0.6) is 0 Å². The van der Waals surface area contributed by atoms with E-state index in [9.17, 15) is 4.79 Å². The molecule has 23 heavy (non-hydrogen) atoms. The lowest BCUT2D eigenvalue weighted by Crippen LogP contribution is -2.41. The minimum absolute atomic E-state index is 0.0598. The Hall–Kier alpha value is -1.84. The minimum Gasteiger partial charge on any atom is -0.306 e. The zero-order valence-corrected chi connectivity index (χ0v) is 14.5. The highest BCUT2D eigenvalue weighted by Gasteiger charge is 2.35. The third-order valence-electron chi connectivity index (χ3n) is 5.00. The third-order valence-corrected chi connectivity index (χ3v) is 5.00. The van der Waals surface area contributed by atoms with E-state index in [1.165, 1.54) is 6.42 Å². The van der Waals surface area contributed by atoms with E-state index in [-0.39, 0.29) is 5.91 Å². The quantitative estimate of drug-likeness (QED) is 0.847. The molecule has 1 amide bonds. The molecule has 0 saturated carbocycles. The van der Waals surface area contributed by atoms with Crippen molar-refractivity contribution in [3.63, 3.8) is 0 Å². The molecule has 0 N–H and O–H groups in total. The molecule has 4 heteroatoms. The van der Waals surface area contributed by atoms with Gasteiger partial charge in [0.05, 0.1) is 5.69 Å². The molecule has 2 heterocycles. The second-order valence-electron chi connectivity index (χ2n) is 6.79. The van der Waals surface area contributed by atoms with Crippen LogP contribution in [0, 0.1) is 0 Å². The number of para-hydroxylation sites is 1. The summed E-state index contributed by atoms with van der Waals surface area (Å²) in [6.45, 7) is 7.34. The predicted octanol–water partition coefficient (Wildman–Crippen LogP) is 3.80. The van der Waals surface area contributed by atoms with Crippen LogP contribution in [0.4, 0.5) is 5.69 Å². The van der Waals surface area contributed by atoms with Gasteiger partial charge in [0.15, 0.2) is 5.71 Å². The second-order valence-corrected chi connectivity index (χ2v) is 6.79. The number of hydrazone groups is 1. The number of fused-ring (bicyclic) bond motifs is 1. The number of carbonyl (C=O) groups is 1. The fourth-order valence-corrected chi connectivity index (χ4v) is 3.62. The fourth-order valence-electron chi connectivity index (χ4n) is 3.62. The zero-order chi connectivity index (χ0) is 16.4. The van der Waals surface area contributed by atoms with Gasteiger partial charge >= 0.3 is 0 Å². The topological polar surface area (TPSA) is 35.9 Å². The average molecular weight is 313 g/mol. The van der Waals surface area contributed by atoms with Crippen molar-refractivity contribution in [3.8, 4) is 0 Å². The first-order valence-electron chi connectivity index (χ1n) is 8.91. The summed E-state index contributed by atoms with van der Waals surface area (Å²) < 4.78 is 0. The maximum absolute atomic E-state index is 12.9. The molecular formula is C19H27N3O. The van der Waals surface area contributed by atoms with Crippen LogP contribution in [0.2, 0.25) is 0 Å². The highest BCUT2D eigenvalue weighted by Crippen LogP contribution is 2.31. The van der Waals surface area contributed by atoms with Gasteiger partial charge in [-0.1, -0.05) is 31.5 Å².